The zero-order chi connectivity index (χ0) is 17.3. The normalized spacial score (nSPS) is 17.8. The summed E-state index contributed by atoms with van der Waals surface area (Å²) in [6.07, 6.45) is 2.16. The zero-order valence-electron chi connectivity index (χ0n) is 14.2. The summed E-state index contributed by atoms with van der Waals surface area (Å²) in [5.41, 5.74) is 1.44. The summed E-state index contributed by atoms with van der Waals surface area (Å²) in [5.74, 6) is 1.26. The van der Waals surface area contributed by atoms with Crippen LogP contribution in [-0.2, 0) is 4.79 Å². The van der Waals surface area contributed by atoms with Crippen LogP contribution in [0.25, 0.3) is 11.3 Å². The average molecular weight is 331 g/mol. The maximum atomic E-state index is 13.9. The third-order valence-corrected chi connectivity index (χ3v) is 4.25. The molecular weight excluding hydrogens is 309 g/mol. The van der Waals surface area contributed by atoms with Crippen LogP contribution in [0.3, 0.4) is 0 Å². The fourth-order valence-corrected chi connectivity index (χ4v) is 3.10. The SMILES string of the molecule is COc1ccc(-c2cnc(C3CC(=O)N(CC(C)C)C3)[nH]2)cc1F. The number of halogens is 1. The van der Waals surface area contributed by atoms with Gasteiger partial charge in [0.25, 0.3) is 0 Å². The molecule has 0 radical (unpaired) electrons. The molecule has 3 rings (SSSR count). The Balaban J connectivity index is 1.76. The highest BCUT2D eigenvalue weighted by Gasteiger charge is 2.32. The molecule has 0 saturated carbocycles. The van der Waals surface area contributed by atoms with E-state index in [4.69, 9.17) is 4.74 Å². The number of aromatic nitrogens is 2. The van der Waals surface area contributed by atoms with E-state index >= 15 is 0 Å². The number of carbonyl (C=O) groups is 1. The van der Waals surface area contributed by atoms with Gasteiger partial charge >= 0.3 is 0 Å². The number of hydrogen-bond acceptors (Lipinski definition) is 3. The maximum Gasteiger partial charge on any atom is 0.223 e. The van der Waals surface area contributed by atoms with Crippen molar-refractivity contribution in [1.29, 1.82) is 0 Å². The number of amides is 1. The number of carbonyl (C=O) groups excluding carboxylic acids is 1. The van der Waals surface area contributed by atoms with Crippen molar-refractivity contribution in [2.45, 2.75) is 26.2 Å². The van der Waals surface area contributed by atoms with Crippen molar-refractivity contribution in [3.05, 3.63) is 36.0 Å². The van der Waals surface area contributed by atoms with Gasteiger partial charge in [-0.15, -0.1) is 0 Å². The number of rotatable bonds is 5. The Hall–Kier alpha value is -2.37. The van der Waals surface area contributed by atoms with E-state index in [0.717, 1.165) is 18.1 Å². The lowest BCUT2D eigenvalue weighted by Crippen LogP contribution is -2.29. The number of ether oxygens (including phenoxy) is 1. The van der Waals surface area contributed by atoms with Gasteiger partial charge in [0.2, 0.25) is 5.91 Å². The molecule has 2 aromatic rings. The van der Waals surface area contributed by atoms with Crippen LogP contribution in [0.15, 0.2) is 24.4 Å². The molecule has 128 valence electrons. The van der Waals surface area contributed by atoms with Gasteiger partial charge in [0, 0.05) is 31.0 Å². The topological polar surface area (TPSA) is 58.2 Å². The highest BCUT2D eigenvalue weighted by atomic mass is 19.1. The third-order valence-electron chi connectivity index (χ3n) is 4.25. The van der Waals surface area contributed by atoms with Crippen LogP contribution in [0.2, 0.25) is 0 Å². The summed E-state index contributed by atoms with van der Waals surface area (Å²) in [6.45, 7) is 5.65. The third kappa shape index (κ3) is 3.27. The van der Waals surface area contributed by atoms with Crippen molar-refractivity contribution in [3.8, 4) is 17.0 Å². The Morgan fingerprint density at radius 1 is 1.46 bits per heavy atom. The molecule has 1 atom stereocenters. The number of benzene rings is 1. The molecule has 24 heavy (non-hydrogen) atoms. The molecule has 2 heterocycles. The van der Waals surface area contributed by atoms with Crippen LogP contribution in [-0.4, -0.2) is 41.0 Å². The maximum absolute atomic E-state index is 13.9. The second-order valence-corrected chi connectivity index (χ2v) is 6.63. The number of aromatic amines is 1. The van der Waals surface area contributed by atoms with Crippen LogP contribution in [0.4, 0.5) is 4.39 Å². The number of methoxy groups -OCH3 is 1. The lowest BCUT2D eigenvalue weighted by atomic mass is 10.1. The minimum atomic E-state index is -0.412. The van der Waals surface area contributed by atoms with Gasteiger partial charge < -0.3 is 14.6 Å². The first-order chi connectivity index (χ1) is 11.5. The fourth-order valence-electron chi connectivity index (χ4n) is 3.10. The monoisotopic (exact) mass is 331 g/mol. The summed E-state index contributed by atoms with van der Waals surface area (Å²) in [4.78, 5) is 21.6. The van der Waals surface area contributed by atoms with E-state index in [-0.39, 0.29) is 17.6 Å². The Labute approximate surface area is 140 Å². The van der Waals surface area contributed by atoms with Gasteiger partial charge in [0.05, 0.1) is 19.0 Å². The van der Waals surface area contributed by atoms with Gasteiger partial charge in [0.15, 0.2) is 11.6 Å². The van der Waals surface area contributed by atoms with Crippen molar-refractivity contribution >= 4 is 5.91 Å². The van der Waals surface area contributed by atoms with Gasteiger partial charge in [-0.05, 0) is 24.1 Å². The van der Waals surface area contributed by atoms with Crippen LogP contribution in [0, 0.1) is 11.7 Å². The average Bonchev–Trinajstić information content (AvgIpc) is 3.14. The molecule has 0 spiro atoms. The van der Waals surface area contributed by atoms with E-state index in [1.54, 1.807) is 18.3 Å². The number of nitrogens with one attached hydrogen (secondary N) is 1. The predicted molar refractivity (Wildman–Crippen MR) is 89.3 cm³/mol. The van der Waals surface area contributed by atoms with Crippen LogP contribution in [0.1, 0.15) is 32.0 Å². The standard InChI is InChI=1S/C18H22FN3O2/c1-11(2)9-22-10-13(7-17(22)23)18-20-8-15(21-18)12-4-5-16(24-3)14(19)6-12/h4-6,8,11,13H,7,9-10H2,1-3H3,(H,20,21). The molecule has 1 unspecified atom stereocenters. The van der Waals surface area contributed by atoms with Gasteiger partial charge in [-0.2, -0.15) is 0 Å². The molecule has 1 fully saturated rings. The minimum absolute atomic E-state index is 0.0631. The van der Waals surface area contributed by atoms with E-state index in [0.29, 0.717) is 24.4 Å². The summed E-state index contributed by atoms with van der Waals surface area (Å²) in [6, 6.07) is 4.79. The van der Waals surface area contributed by atoms with Gasteiger partial charge in [-0.1, -0.05) is 13.8 Å². The van der Waals surface area contributed by atoms with Gasteiger partial charge in [-0.3, -0.25) is 4.79 Å². The highest BCUT2D eigenvalue weighted by molar-refractivity contribution is 5.79. The molecule has 1 N–H and O–H groups in total. The molecule has 6 heteroatoms. The van der Waals surface area contributed by atoms with Gasteiger partial charge in [-0.25, -0.2) is 9.37 Å². The van der Waals surface area contributed by atoms with Crippen LogP contribution < -0.4 is 4.74 Å². The van der Waals surface area contributed by atoms with Crippen LogP contribution >= 0.6 is 0 Å². The van der Waals surface area contributed by atoms with Crippen molar-refractivity contribution in [2.24, 2.45) is 5.92 Å². The predicted octanol–water partition coefficient (Wildman–Crippen LogP) is 3.20. The number of H-pyrrole nitrogens is 1. The van der Waals surface area contributed by atoms with Crippen molar-refractivity contribution in [1.82, 2.24) is 14.9 Å². The number of nitrogens with zero attached hydrogens (tertiary/aromatic N) is 2. The minimum Gasteiger partial charge on any atom is -0.494 e. The van der Waals surface area contributed by atoms with E-state index in [9.17, 15) is 9.18 Å². The van der Waals surface area contributed by atoms with E-state index in [1.807, 2.05) is 4.90 Å². The fraction of sp³-hybridized carbons (Fsp3) is 0.444. The zero-order valence-corrected chi connectivity index (χ0v) is 14.2. The summed E-state index contributed by atoms with van der Waals surface area (Å²) in [5, 5.41) is 0. The first-order valence-corrected chi connectivity index (χ1v) is 8.14. The second-order valence-electron chi connectivity index (χ2n) is 6.63. The Kier molecular flexibility index (Phi) is 4.55. The molecule has 5 nitrogen and oxygen atoms in total. The largest absolute Gasteiger partial charge is 0.494 e. The molecule has 1 aromatic heterocycles. The molecule has 1 aromatic carbocycles. The molecule has 1 saturated heterocycles. The molecular formula is C18H22FN3O2. The molecule has 0 aliphatic carbocycles. The summed E-state index contributed by atoms with van der Waals surface area (Å²) < 4.78 is 18.8. The summed E-state index contributed by atoms with van der Waals surface area (Å²) in [7, 11) is 1.44. The van der Waals surface area contributed by atoms with Crippen molar-refractivity contribution in [2.75, 3.05) is 20.2 Å². The second kappa shape index (κ2) is 6.63. The quantitative estimate of drug-likeness (QED) is 0.915. The van der Waals surface area contributed by atoms with Crippen LogP contribution in [0.5, 0.6) is 5.75 Å². The van der Waals surface area contributed by atoms with E-state index < -0.39 is 5.82 Å². The highest BCUT2D eigenvalue weighted by Crippen LogP contribution is 2.29. The molecule has 1 aliphatic heterocycles. The Bertz CT molecular complexity index is 742. The van der Waals surface area contributed by atoms with Gasteiger partial charge in [0.1, 0.15) is 5.82 Å². The molecule has 1 aliphatic rings. The smallest absolute Gasteiger partial charge is 0.223 e. The Morgan fingerprint density at radius 2 is 2.25 bits per heavy atom. The van der Waals surface area contributed by atoms with E-state index in [1.165, 1.54) is 13.2 Å². The van der Waals surface area contributed by atoms with E-state index in [2.05, 4.69) is 23.8 Å². The lowest BCUT2D eigenvalue weighted by molar-refractivity contribution is -0.128. The lowest BCUT2D eigenvalue weighted by Gasteiger charge is -2.18. The van der Waals surface area contributed by atoms with Crippen molar-refractivity contribution in [3.63, 3.8) is 0 Å². The van der Waals surface area contributed by atoms with Crippen molar-refractivity contribution < 1.29 is 13.9 Å². The Morgan fingerprint density at radius 3 is 2.92 bits per heavy atom. The summed E-state index contributed by atoms with van der Waals surface area (Å²) >= 11 is 0. The number of likely N-dealkylation sites (tertiary alicyclic amines) is 1. The number of imidazole rings is 1. The molecule has 0 bridgehead atoms. The first kappa shape index (κ1) is 16.5. The first-order valence-electron chi connectivity index (χ1n) is 8.14. The number of hydrogen-bond donors (Lipinski definition) is 1. The molecule has 1 amide bonds.